The Labute approximate surface area is 132 Å². The summed E-state index contributed by atoms with van der Waals surface area (Å²) in [5.74, 6) is -0.444. The maximum Gasteiger partial charge on any atom is 0.194 e. The summed E-state index contributed by atoms with van der Waals surface area (Å²) in [5.41, 5.74) is 1.06. The van der Waals surface area contributed by atoms with E-state index in [1.807, 2.05) is 51.1 Å². The van der Waals surface area contributed by atoms with E-state index in [-0.39, 0.29) is 16.0 Å². The molecule has 3 nitrogen and oxygen atoms in total. The van der Waals surface area contributed by atoms with Gasteiger partial charge in [0.25, 0.3) is 0 Å². The molecule has 0 aromatic heterocycles. The Balaban J connectivity index is 2.49. The molecule has 0 heterocycles. The molecule has 0 amide bonds. The van der Waals surface area contributed by atoms with Gasteiger partial charge in [-0.1, -0.05) is 69.8 Å². The minimum Gasteiger partial charge on any atom is -0.390 e. The first-order valence-electron chi connectivity index (χ1n) is 7.27. The number of carbonyl (C=O) groups is 1. The number of hydrogen-bond donors (Lipinski definition) is 1. The van der Waals surface area contributed by atoms with Crippen molar-refractivity contribution < 1.29 is 14.6 Å². The first-order chi connectivity index (χ1) is 9.70. The van der Waals surface area contributed by atoms with E-state index in [4.69, 9.17) is 4.74 Å². The standard InChI is InChI=1S/C17H26O3S/c1-12(16(19)21-17(3,4)5)15(18)13(2)20-11-14-9-7-6-8-10-14/h6-10,12-13,15,18H,11H2,1-5H3/t12-,13-,15-/m0/s1. The Morgan fingerprint density at radius 1 is 1.24 bits per heavy atom. The van der Waals surface area contributed by atoms with Gasteiger partial charge in [0.1, 0.15) is 0 Å². The van der Waals surface area contributed by atoms with Crippen LogP contribution in [-0.2, 0) is 16.1 Å². The van der Waals surface area contributed by atoms with Crippen LogP contribution in [-0.4, -0.2) is 27.2 Å². The molecule has 0 aliphatic rings. The fourth-order valence-electron chi connectivity index (χ4n) is 1.84. The lowest BCUT2D eigenvalue weighted by Gasteiger charge is -2.26. The number of aliphatic hydroxyl groups is 1. The lowest BCUT2D eigenvalue weighted by atomic mass is 10.0. The second-order valence-corrected chi connectivity index (χ2v) is 8.15. The number of carbonyl (C=O) groups excluding carboxylic acids is 1. The number of thioether (sulfide) groups is 1. The van der Waals surface area contributed by atoms with Gasteiger partial charge in [0.2, 0.25) is 0 Å². The molecule has 21 heavy (non-hydrogen) atoms. The van der Waals surface area contributed by atoms with Crippen molar-refractivity contribution in [2.24, 2.45) is 5.92 Å². The van der Waals surface area contributed by atoms with Crippen LogP contribution < -0.4 is 0 Å². The minimum atomic E-state index is -0.795. The van der Waals surface area contributed by atoms with E-state index in [0.717, 1.165) is 5.56 Å². The van der Waals surface area contributed by atoms with Crippen LogP contribution in [0.1, 0.15) is 40.2 Å². The molecule has 118 valence electrons. The van der Waals surface area contributed by atoms with Crippen molar-refractivity contribution >= 4 is 16.9 Å². The molecule has 0 aliphatic carbocycles. The molecule has 0 bridgehead atoms. The number of benzene rings is 1. The van der Waals surface area contributed by atoms with Gasteiger partial charge in [0.15, 0.2) is 5.12 Å². The maximum absolute atomic E-state index is 12.1. The quantitative estimate of drug-likeness (QED) is 0.871. The van der Waals surface area contributed by atoms with Crippen LogP contribution in [0.5, 0.6) is 0 Å². The zero-order chi connectivity index (χ0) is 16.0. The summed E-state index contributed by atoms with van der Waals surface area (Å²) in [6, 6.07) is 9.80. The predicted molar refractivity (Wildman–Crippen MR) is 88.2 cm³/mol. The smallest absolute Gasteiger partial charge is 0.194 e. The lowest BCUT2D eigenvalue weighted by Crippen LogP contribution is -2.36. The largest absolute Gasteiger partial charge is 0.390 e. The highest BCUT2D eigenvalue weighted by Crippen LogP contribution is 2.29. The molecule has 0 aliphatic heterocycles. The first kappa shape index (κ1) is 18.2. The Kier molecular flexibility index (Phi) is 6.91. The van der Waals surface area contributed by atoms with E-state index in [1.165, 1.54) is 11.8 Å². The molecule has 0 fully saturated rings. The topological polar surface area (TPSA) is 46.5 Å². The third-order valence-corrected chi connectivity index (χ3v) is 4.31. The molecule has 0 saturated heterocycles. The van der Waals surface area contributed by atoms with Crippen LogP contribution in [0.15, 0.2) is 30.3 Å². The van der Waals surface area contributed by atoms with Crippen molar-refractivity contribution in [3.8, 4) is 0 Å². The number of ether oxygens (including phenoxy) is 1. The van der Waals surface area contributed by atoms with Crippen molar-refractivity contribution in [1.29, 1.82) is 0 Å². The van der Waals surface area contributed by atoms with E-state index in [2.05, 4.69) is 0 Å². The van der Waals surface area contributed by atoms with Crippen molar-refractivity contribution in [3.05, 3.63) is 35.9 Å². The summed E-state index contributed by atoms with van der Waals surface area (Å²) in [5, 5.41) is 10.3. The van der Waals surface area contributed by atoms with Gasteiger partial charge in [-0.15, -0.1) is 0 Å². The SMILES string of the molecule is C[C@H](OCc1ccccc1)[C@@H](O)[C@H](C)C(=O)SC(C)(C)C. The van der Waals surface area contributed by atoms with Gasteiger partial charge in [0.05, 0.1) is 24.7 Å². The summed E-state index contributed by atoms with van der Waals surface area (Å²) in [6.07, 6.45) is -1.18. The summed E-state index contributed by atoms with van der Waals surface area (Å²) in [6.45, 7) is 9.97. The van der Waals surface area contributed by atoms with Crippen molar-refractivity contribution in [1.82, 2.24) is 0 Å². The molecule has 3 atom stereocenters. The molecular formula is C17H26O3S. The normalized spacial score (nSPS) is 16.3. The number of rotatable bonds is 6. The van der Waals surface area contributed by atoms with Gasteiger partial charge in [0, 0.05) is 4.75 Å². The molecule has 0 unspecified atom stereocenters. The van der Waals surface area contributed by atoms with Crippen LogP contribution in [0, 0.1) is 5.92 Å². The van der Waals surface area contributed by atoms with Crippen molar-refractivity contribution in [2.75, 3.05) is 0 Å². The molecule has 1 aromatic rings. The maximum atomic E-state index is 12.1. The highest BCUT2D eigenvalue weighted by molar-refractivity contribution is 8.14. The zero-order valence-electron chi connectivity index (χ0n) is 13.5. The van der Waals surface area contributed by atoms with Crippen LogP contribution in [0.25, 0.3) is 0 Å². The average Bonchev–Trinajstić information content (AvgIpc) is 2.42. The molecule has 0 saturated carbocycles. The number of hydrogen-bond acceptors (Lipinski definition) is 4. The van der Waals surface area contributed by atoms with E-state index in [0.29, 0.717) is 6.61 Å². The third-order valence-electron chi connectivity index (χ3n) is 3.13. The molecule has 4 heteroatoms. The van der Waals surface area contributed by atoms with E-state index in [1.54, 1.807) is 13.8 Å². The fourth-order valence-corrected chi connectivity index (χ4v) is 2.77. The van der Waals surface area contributed by atoms with Crippen molar-refractivity contribution in [3.63, 3.8) is 0 Å². The van der Waals surface area contributed by atoms with E-state index >= 15 is 0 Å². The lowest BCUT2D eigenvalue weighted by molar-refractivity contribution is -0.122. The molecule has 0 radical (unpaired) electrons. The van der Waals surface area contributed by atoms with Crippen molar-refractivity contribution in [2.45, 2.75) is 58.2 Å². The predicted octanol–water partition coefficient (Wildman–Crippen LogP) is 3.65. The summed E-state index contributed by atoms with van der Waals surface area (Å²) in [4.78, 5) is 12.1. The monoisotopic (exact) mass is 310 g/mol. The highest BCUT2D eigenvalue weighted by atomic mass is 32.2. The van der Waals surface area contributed by atoms with Gasteiger partial charge in [-0.05, 0) is 12.5 Å². The number of aliphatic hydroxyl groups excluding tert-OH is 1. The van der Waals surface area contributed by atoms with Gasteiger partial charge in [-0.25, -0.2) is 0 Å². The van der Waals surface area contributed by atoms with Gasteiger partial charge >= 0.3 is 0 Å². The van der Waals surface area contributed by atoms with Gasteiger partial charge < -0.3 is 9.84 Å². The highest BCUT2D eigenvalue weighted by Gasteiger charge is 2.30. The van der Waals surface area contributed by atoms with Crippen LogP contribution in [0.3, 0.4) is 0 Å². The fraction of sp³-hybridized carbons (Fsp3) is 0.588. The second-order valence-electron chi connectivity index (χ2n) is 6.31. The van der Waals surface area contributed by atoms with E-state index < -0.39 is 12.0 Å². The minimum absolute atomic E-state index is 0.00478. The third kappa shape index (κ3) is 6.64. The average molecular weight is 310 g/mol. The molecule has 1 rings (SSSR count). The molecule has 1 aromatic carbocycles. The molecule has 1 N–H and O–H groups in total. The molecule has 0 spiro atoms. The van der Waals surface area contributed by atoms with Gasteiger partial charge in [-0.3, -0.25) is 4.79 Å². The Bertz CT molecular complexity index is 439. The Morgan fingerprint density at radius 3 is 2.33 bits per heavy atom. The summed E-state index contributed by atoms with van der Waals surface area (Å²) in [7, 11) is 0. The van der Waals surface area contributed by atoms with Crippen LogP contribution in [0.2, 0.25) is 0 Å². The van der Waals surface area contributed by atoms with E-state index in [9.17, 15) is 9.90 Å². The Morgan fingerprint density at radius 2 is 1.81 bits per heavy atom. The first-order valence-corrected chi connectivity index (χ1v) is 8.09. The molecular weight excluding hydrogens is 284 g/mol. The van der Waals surface area contributed by atoms with Gasteiger partial charge in [-0.2, -0.15) is 0 Å². The summed E-state index contributed by atoms with van der Waals surface area (Å²) < 4.78 is 5.54. The second kappa shape index (κ2) is 7.97. The van der Waals surface area contributed by atoms with Crippen LogP contribution in [0.4, 0.5) is 0 Å². The van der Waals surface area contributed by atoms with Crippen LogP contribution >= 0.6 is 11.8 Å². The Hall–Kier alpha value is -0.840. The summed E-state index contributed by atoms with van der Waals surface area (Å²) >= 11 is 1.27. The zero-order valence-corrected chi connectivity index (χ0v) is 14.3.